The normalized spacial score (nSPS) is 11.3. The maximum Gasteiger partial charge on any atom is 0.407 e. The fourth-order valence-electron chi connectivity index (χ4n) is 1.76. The monoisotopic (exact) mass is 482 g/mol. The standard InChI is InChI=1S/C11H14N2O4.C6H4FNO2.C4H9NO2/c12-9(10(14)15)6-13-11(16)17-7-8-4-2-1-3-5-8;7-5-3-1-2-4-6(5)8(9)10;1-3(2-5)4(6)7/h1-5,9H,6-7,12H2,(H,13,16)(H,14,15);1-4H;3H,2,5H2,1H3,(H,6,7). The largest absolute Gasteiger partial charge is 0.481 e. The van der Waals surface area contributed by atoms with Gasteiger partial charge in [-0.25, -0.2) is 4.79 Å². The molecule has 0 saturated heterocycles. The first-order valence-electron chi connectivity index (χ1n) is 9.74. The van der Waals surface area contributed by atoms with Crippen LogP contribution in [0.3, 0.4) is 0 Å². The van der Waals surface area contributed by atoms with Gasteiger partial charge in [-0.3, -0.25) is 19.7 Å². The van der Waals surface area contributed by atoms with Crippen LogP contribution in [0.5, 0.6) is 0 Å². The number of carboxylic acids is 2. The molecule has 0 spiro atoms. The van der Waals surface area contributed by atoms with Gasteiger partial charge in [-0.2, -0.15) is 4.39 Å². The van der Waals surface area contributed by atoms with Gasteiger partial charge >= 0.3 is 23.7 Å². The molecule has 34 heavy (non-hydrogen) atoms. The average molecular weight is 482 g/mol. The maximum absolute atomic E-state index is 12.4. The van der Waals surface area contributed by atoms with E-state index in [1.807, 2.05) is 30.3 Å². The Kier molecular flexibility index (Phi) is 14.5. The molecule has 7 N–H and O–H groups in total. The first-order valence-corrected chi connectivity index (χ1v) is 9.74. The molecular weight excluding hydrogens is 455 g/mol. The molecule has 2 unspecified atom stereocenters. The van der Waals surface area contributed by atoms with Crippen molar-refractivity contribution in [3.05, 3.63) is 76.1 Å². The Hall–Kier alpha value is -4.10. The second-order valence-electron chi connectivity index (χ2n) is 6.57. The van der Waals surface area contributed by atoms with Crippen LogP contribution in [0.1, 0.15) is 12.5 Å². The highest BCUT2D eigenvalue weighted by atomic mass is 19.1. The van der Waals surface area contributed by atoms with E-state index in [9.17, 15) is 28.9 Å². The van der Waals surface area contributed by atoms with Crippen molar-refractivity contribution in [1.82, 2.24) is 5.32 Å². The lowest BCUT2D eigenvalue weighted by molar-refractivity contribution is -0.387. The van der Waals surface area contributed by atoms with Crippen LogP contribution in [0, 0.1) is 21.8 Å². The number of benzene rings is 2. The number of alkyl carbamates (subject to hydrolysis) is 1. The molecule has 2 aromatic rings. The van der Waals surface area contributed by atoms with Gasteiger partial charge in [0.15, 0.2) is 0 Å². The van der Waals surface area contributed by atoms with Crippen LogP contribution in [-0.2, 0) is 20.9 Å². The number of carbonyl (C=O) groups excluding carboxylic acids is 1. The Morgan fingerprint density at radius 1 is 1.09 bits per heavy atom. The topological polar surface area (TPSA) is 208 Å². The van der Waals surface area contributed by atoms with Gasteiger partial charge in [0.05, 0.1) is 10.8 Å². The third-order valence-electron chi connectivity index (χ3n) is 3.82. The number of rotatable bonds is 8. The van der Waals surface area contributed by atoms with Crippen molar-refractivity contribution >= 4 is 23.7 Å². The van der Waals surface area contributed by atoms with E-state index >= 15 is 0 Å². The predicted octanol–water partition coefficient (Wildman–Crippen LogP) is 1.72. The molecule has 1 amide bonds. The number of halogens is 1. The minimum absolute atomic E-state index is 0.134. The molecule has 2 atom stereocenters. The van der Waals surface area contributed by atoms with Crippen molar-refractivity contribution in [2.24, 2.45) is 17.4 Å². The number of para-hydroxylation sites is 1. The quantitative estimate of drug-likeness (QED) is 0.272. The number of nitrogens with two attached hydrogens (primary N) is 2. The molecule has 0 saturated carbocycles. The van der Waals surface area contributed by atoms with Crippen molar-refractivity contribution in [2.75, 3.05) is 13.1 Å². The van der Waals surface area contributed by atoms with Crippen molar-refractivity contribution in [1.29, 1.82) is 0 Å². The zero-order chi connectivity index (χ0) is 26.1. The third-order valence-corrected chi connectivity index (χ3v) is 3.82. The van der Waals surface area contributed by atoms with E-state index < -0.39 is 46.4 Å². The first-order chi connectivity index (χ1) is 16.0. The molecule has 0 fully saturated rings. The summed E-state index contributed by atoms with van der Waals surface area (Å²) >= 11 is 0. The first kappa shape index (κ1) is 29.9. The number of nitrogens with one attached hydrogen (secondary N) is 1. The molecule has 2 aromatic carbocycles. The number of hydrogen-bond acceptors (Lipinski definition) is 8. The summed E-state index contributed by atoms with van der Waals surface area (Å²) < 4.78 is 17.3. The summed E-state index contributed by atoms with van der Waals surface area (Å²) in [5, 5.41) is 28.8. The summed E-state index contributed by atoms with van der Waals surface area (Å²) in [6.07, 6.45) is -0.689. The van der Waals surface area contributed by atoms with E-state index in [2.05, 4.69) is 5.32 Å². The van der Waals surface area contributed by atoms with E-state index in [0.717, 1.165) is 17.7 Å². The minimum atomic E-state index is -1.17. The molecule has 0 aliphatic rings. The van der Waals surface area contributed by atoms with Crippen molar-refractivity contribution in [3.8, 4) is 0 Å². The number of carboxylic acid groups (broad SMARTS) is 2. The molecule has 2 rings (SSSR count). The number of nitro groups is 1. The van der Waals surface area contributed by atoms with E-state index in [4.69, 9.17) is 26.4 Å². The lowest BCUT2D eigenvalue weighted by Crippen LogP contribution is -2.42. The third kappa shape index (κ3) is 13.3. The highest BCUT2D eigenvalue weighted by Crippen LogP contribution is 2.14. The lowest BCUT2D eigenvalue weighted by Gasteiger charge is -2.09. The number of hydrogen-bond donors (Lipinski definition) is 5. The number of aliphatic carboxylic acids is 2. The second kappa shape index (κ2) is 16.5. The highest BCUT2D eigenvalue weighted by Gasteiger charge is 2.13. The van der Waals surface area contributed by atoms with Gasteiger partial charge in [-0.05, 0) is 11.6 Å². The van der Waals surface area contributed by atoms with Crippen LogP contribution in [0.2, 0.25) is 0 Å². The zero-order valence-corrected chi connectivity index (χ0v) is 18.3. The minimum Gasteiger partial charge on any atom is -0.481 e. The Balaban J connectivity index is 0.000000541. The van der Waals surface area contributed by atoms with Crippen LogP contribution in [0.15, 0.2) is 54.6 Å². The van der Waals surface area contributed by atoms with E-state index in [-0.39, 0.29) is 19.7 Å². The number of carbonyl (C=O) groups is 3. The van der Waals surface area contributed by atoms with Crippen molar-refractivity contribution in [3.63, 3.8) is 0 Å². The Bertz CT molecular complexity index is 930. The Labute approximate surface area is 194 Å². The molecule has 12 nitrogen and oxygen atoms in total. The smallest absolute Gasteiger partial charge is 0.407 e. The molecule has 0 aliphatic carbocycles. The highest BCUT2D eigenvalue weighted by molar-refractivity contribution is 5.75. The molecule has 13 heteroatoms. The van der Waals surface area contributed by atoms with E-state index in [1.165, 1.54) is 12.1 Å². The van der Waals surface area contributed by atoms with Gasteiger partial charge < -0.3 is 31.7 Å². The summed E-state index contributed by atoms with van der Waals surface area (Å²) in [5.74, 6) is -3.21. The molecular formula is C21H27FN4O8. The van der Waals surface area contributed by atoms with E-state index in [1.54, 1.807) is 6.92 Å². The zero-order valence-electron chi connectivity index (χ0n) is 18.3. The molecule has 0 bridgehead atoms. The van der Waals surface area contributed by atoms with Crippen LogP contribution in [0.4, 0.5) is 14.9 Å². The summed E-state index contributed by atoms with van der Waals surface area (Å²) in [7, 11) is 0. The van der Waals surface area contributed by atoms with Gasteiger partial charge in [0.25, 0.3) is 0 Å². The molecule has 0 aliphatic heterocycles. The predicted molar refractivity (Wildman–Crippen MR) is 119 cm³/mol. The van der Waals surface area contributed by atoms with Crippen molar-refractivity contribution in [2.45, 2.75) is 19.6 Å². The molecule has 0 aromatic heterocycles. The summed E-state index contributed by atoms with van der Waals surface area (Å²) in [6.45, 7) is 1.76. The average Bonchev–Trinajstić information content (AvgIpc) is 2.82. The number of amides is 1. The number of nitro benzene ring substituents is 1. The van der Waals surface area contributed by atoms with Crippen LogP contribution in [0.25, 0.3) is 0 Å². The van der Waals surface area contributed by atoms with Crippen LogP contribution in [-0.4, -0.2) is 52.3 Å². The van der Waals surface area contributed by atoms with E-state index in [0.29, 0.717) is 0 Å². The number of ether oxygens (including phenoxy) is 1. The lowest BCUT2D eigenvalue weighted by atomic mass is 10.2. The van der Waals surface area contributed by atoms with Gasteiger partial charge in [-0.15, -0.1) is 0 Å². The van der Waals surface area contributed by atoms with Gasteiger partial charge in [-0.1, -0.05) is 49.4 Å². The fourth-order valence-corrected chi connectivity index (χ4v) is 1.76. The van der Waals surface area contributed by atoms with Crippen LogP contribution >= 0.6 is 0 Å². The molecule has 186 valence electrons. The second-order valence-corrected chi connectivity index (χ2v) is 6.57. The fraction of sp³-hybridized carbons (Fsp3) is 0.286. The van der Waals surface area contributed by atoms with Crippen LogP contribution < -0.4 is 16.8 Å². The van der Waals surface area contributed by atoms with Gasteiger partial charge in [0.1, 0.15) is 12.6 Å². The molecule has 0 heterocycles. The Morgan fingerprint density at radius 3 is 2.06 bits per heavy atom. The maximum atomic E-state index is 12.4. The SMILES string of the molecule is CC(CN)C(=O)O.NC(CNC(=O)OCc1ccccc1)C(=O)O.O=[N+]([O-])c1ccccc1F. The molecule has 0 radical (unpaired) electrons. The number of nitrogens with zero attached hydrogens (tertiary/aromatic N) is 1. The van der Waals surface area contributed by atoms with Gasteiger partial charge in [0.2, 0.25) is 5.82 Å². The summed E-state index contributed by atoms with van der Waals surface area (Å²) in [4.78, 5) is 40.6. The summed E-state index contributed by atoms with van der Waals surface area (Å²) in [5.41, 5.74) is 10.6. The van der Waals surface area contributed by atoms with Crippen molar-refractivity contribution < 1.29 is 38.6 Å². The summed E-state index contributed by atoms with van der Waals surface area (Å²) in [6, 6.07) is 13.0. The Morgan fingerprint density at radius 2 is 1.65 bits per heavy atom. The van der Waals surface area contributed by atoms with Gasteiger partial charge in [0, 0.05) is 19.2 Å².